The Labute approximate surface area is 59.4 Å². The minimum absolute atomic E-state index is 0.0828. The van der Waals surface area contributed by atoms with Crippen LogP contribution in [0.25, 0.3) is 0 Å². The first-order valence-electron chi connectivity index (χ1n) is 1.71. The van der Waals surface area contributed by atoms with E-state index in [1.54, 1.807) is 11.4 Å². The summed E-state index contributed by atoms with van der Waals surface area (Å²) in [6, 6.07) is 0. The summed E-state index contributed by atoms with van der Waals surface area (Å²) in [5.41, 5.74) is 0. The fourth-order valence-corrected chi connectivity index (χ4v) is 0.978. The monoisotopic (exact) mass is 231 g/mol. The molecule has 0 atom stereocenters. The van der Waals surface area contributed by atoms with Crippen LogP contribution in [-0.2, 0) is 4.79 Å². The van der Waals surface area contributed by atoms with Gasteiger partial charge >= 0.3 is 0 Å². The molecule has 0 unspecified atom stereocenters. The molecule has 0 heterocycles. The zero-order valence-electron chi connectivity index (χ0n) is 4.14. The molecule has 7 heavy (non-hydrogen) atoms. The first-order chi connectivity index (χ1) is 3.18. The van der Waals surface area contributed by atoms with Crippen molar-refractivity contribution in [1.82, 2.24) is 4.31 Å². The Hall–Kier alpha value is 0.550. The van der Waals surface area contributed by atoms with Crippen molar-refractivity contribution in [2.24, 2.45) is 0 Å². The maximum absolute atomic E-state index is 10.3. The van der Waals surface area contributed by atoms with Gasteiger partial charge in [0, 0.05) is 44.3 Å². The highest BCUT2D eigenvalue weighted by atomic mass is 127. The molecule has 0 N–H and O–H groups in total. The van der Waals surface area contributed by atoms with Crippen LogP contribution >= 0.6 is 30.3 Å². The molecule has 42 valence electrons. The molecule has 0 rings (SSSR count). The smallest absolute Gasteiger partial charge is 0.229 e. The number of carbonyl (C=O) groups excluding carboxylic acids is 1. The predicted molar refractivity (Wildman–Crippen MR) is 40.1 cm³/mol. The van der Waals surface area contributed by atoms with Gasteiger partial charge in [-0.1, -0.05) is 0 Å². The van der Waals surface area contributed by atoms with Gasteiger partial charge in [-0.2, -0.15) is 0 Å². The first-order valence-corrected chi connectivity index (χ1v) is 5.03. The molecule has 0 fully saturated rings. The molecule has 0 radical (unpaired) electrons. The van der Waals surface area contributed by atoms with Gasteiger partial charge in [0.1, 0.15) is 0 Å². The van der Waals surface area contributed by atoms with E-state index in [9.17, 15) is 4.79 Å². The summed E-state index contributed by atoms with van der Waals surface area (Å²) < 4.78 is 1.56. The third-order valence-corrected chi connectivity index (χ3v) is 2.78. The average molecular weight is 231 g/mol. The van der Waals surface area contributed by atoms with E-state index in [4.69, 9.17) is 0 Å². The van der Waals surface area contributed by atoms with Crippen LogP contribution in [-0.4, -0.2) is 17.3 Å². The lowest BCUT2D eigenvalue weighted by atomic mass is 10.7. The SMILES string of the molecule is CC(=O)N(C)SI. The van der Waals surface area contributed by atoms with Gasteiger partial charge in [-0.05, 0) is 0 Å². The molecule has 0 saturated heterocycles. The molecule has 2 nitrogen and oxygen atoms in total. The molecule has 0 aromatic heterocycles. The van der Waals surface area contributed by atoms with E-state index >= 15 is 0 Å². The molecule has 0 spiro atoms. The van der Waals surface area contributed by atoms with Crippen LogP contribution < -0.4 is 0 Å². The van der Waals surface area contributed by atoms with Crippen molar-refractivity contribution >= 4 is 36.2 Å². The van der Waals surface area contributed by atoms with Gasteiger partial charge in [0.15, 0.2) is 0 Å². The lowest BCUT2D eigenvalue weighted by Crippen LogP contribution is -2.12. The number of hydrogen-bond donors (Lipinski definition) is 0. The predicted octanol–water partition coefficient (Wildman–Crippen LogP) is 1.46. The van der Waals surface area contributed by atoms with Gasteiger partial charge in [-0.15, -0.1) is 0 Å². The van der Waals surface area contributed by atoms with Crippen molar-refractivity contribution in [2.75, 3.05) is 7.05 Å². The van der Waals surface area contributed by atoms with Crippen molar-refractivity contribution < 1.29 is 4.79 Å². The highest BCUT2D eigenvalue weighted by Crippen LogP contribution is 2.14. The summed E-state index contributed by atoms with van der Waals surface area (Å²) in [4.78, 5) is 10.3. The summed E-state index contributed by atoms with van der Waals surface area (Å²) in [5, 5.41) is 0. The minimum atomic E-state index is 0.0828. The molecule has 0 bridgehead atoms. The summed E-state index contributed by atoms with van der Waals surface area (Å²) >= 11 is 2.05. The van der Waals surface area contributed by atoms with Gasteiger partial charge in [0.05, 0.1) is 0 Å². The Bertz CT molecular complexity index is 77.3. The topological polar surface area (TPSA) is 20.3 Å². The van der Waals surface area contributed by atoms with Crippen LogP contribution in [0.15, 0.2) is 0 Å². The van der Waals surface area contributed by atoms with Crippen molar-refractivity contribution in [1.29, 1.82) is 0 Å². The summed E-state index contributed by atoms with van der Waals surface area (Å²) in [6.07, 6.45) is 0. The molecule has 4 heteroatoms. The third-order valence-electron chi connectivity index (χ3n) is 0.547. The van der Waals surface area contributed by atoms with Crippen LogP contribution in [0, 0.1) is 0 Å². The Morgan fingerprint density at radius 2 is 2.29 bits per heavy atom. The number of halogens is 1. The van der Waals surface area contributed by atoms with Crippen molar-refractivity contribution in [2.45, 2.75) is 6.92 Å². The molecule has 0 aliphatic carbocycles. The Morgan fingerprint density at radius 3 is 2.29 bits per heavy atom. The van der Waals surface area contributed by atoms with E-state index in [1.165, 1.54) is 16.0 Å². The van der Waals surface area contributed by atoms with Crippen LogP contribution in [0.3, 0.4) is 0 Å². The molecular weight excluding hydrogens is 225 g/mol. The number of amides is 1. The Morgan fingerprint density at radius 1 is 1.86 bits per heavy atom. The number of carbonyl (C=O) groups is 1. The van der Waals surface area contributed by atoms with Crippen LogP contribution in [0.4, 0.5) is 0 Å². The van der Waals surface area contributed by atoms with E-state index in [1.807, 2.05) is 0 Å². The fourth-order valence-electron chi connectivity index (χ4n) is 0.0486. The minimum Gasteiger partial charge on any atom is -0.281 e. The maximum atomic E-state index is 10.3. The standard InChI is InChI=1S/C3H6INOS/c1-3(6)5(2)7-4/h1-2H3. The Kier molecular flexibility index (Phi) is 3.82. The summed E-state index contributed by atoms with van der Waals surface area (Å²) in [6.45, 7) is 1.53. The van der Waals surface area contributed by atoms with E-state index in [0.717, 1.165) is 0 Å². The van der Waals surface area contributed by atoms with Crippen LogP contribution in [0.5, 0.6) is 0 Å². The molecular formula is C3H6INOS. The zero-order chi connectivity index (χ0) is 5.86. The molecule has 0 saturated carbocycles. The van der Waals surface area contributed by atoms with Crippen molar-refractivity contribution in [3.8, 4) is 0 Å². The Balaban J connectivity index is 3.34. The van der Waals surface area contributed by atoms with Gasteiger partial charge in [-0.3, -0.25) is 9.10 Å². The van der Waals surface area contributed by atoms with Crippen molar-refractivity contribution in [3.05, 3.63) is 0 Å². The lowest BCUT2D eigenvalue weighted by Gasteiger charge is -2.05. The number of rotatable bonds is 1. The van der Waals surface area contributed by atoms with Gasteiger partial charge < -0.3 is 0 Å². The second kappa shape index (κ2) is 3.54. The second-order valence-corrected chi connectivity index (χ2v) is 2.95. The fraction of sp³-hybridized carbons (Fsp3) is 0.667. The highest BCUT2D eigenvalue weighted by Gasteiger charge is 1.96. The van der Waals surface area contributed by atoms with E-state index in [2.05, 4.69) is 21.2 Å². The lowest BCUT2D eigenvalue weighted by molar-refractivity contribution is -0.122. The summed E-state index contributed by atoms with van der Waals surface area (Å²) in [7, 11) is 3.12. The van der Waals surface area contributed by atoms with E-state index < -0.39 is 0 Å². The highest BCUT2D eigenvalue weighted by molar-refractivity contribution is 14.2. The zero-order valence-corrected chi connectivity index (χ0v) is 7.12. The first kappa shape index (κ1) is 7.55. The van der Waals surface area contributed by atoms with E-state index in [0.29, 0.717) is 0 Å². The molecule has 0 aromatic rings. The third kappa shape index (κ3) is 3.16. The average Bonchev–Trinajstić information content (AvgIpc) is 1.65. The van der Waals surface area contributed by atoms with Gasteiger partial charge in [0.2, 0.25) is 5.91 Å². The molecule has 0 aliphatic heterocycles. The summed E-state index contributed by atoms with van der Waals surface area (Å²) in [5.74, 6) is 0.0828. The number of nitrogens with zero attached hydrogens (tertiary/aromatic N) is 1. The van der Waals surface area contributed by atoms with Crippen molar-refractivity contribution in [3.63, 3.8) is 0 Å². The quantitative estimate of drug-likeness (QED) is 0.503. The molecule has 1 amide bonds. The van der Waals surface area contributed by atoms with Crippen LogP contribution in [0.1, 0.15) is 6.92 Å². The largest absolute Gasteiger partial charge is 0.281 e. The van der Waals surface area contributed by atoms with Gasteiger partial charge in [0.25, 0.3) is 0 Å². The van der Waals surface area contributed by atoms with Gasteiger partial charge in [-0.25, -0.2) is 0 Å². The number of hydrogen-bond acceptors (Lipinski definition) is 2. The maximum Gasteiger partial charge on any atom is 0.229 e. The molecule has 0 aliphatic rings. The van der Waals surface area contributed by atoms with E-state index in [-0.39, 0.29) is 5.91 Å². The van der Waals surface area contributed by atoms with Crippen LogP contribution in [0.2, 0.25) is 0 Å². The normalized spacial score (nSPS) is 8.43. The second-order valence-electron chi connectivity index (χ2n) is 1.09. The molecule has 0 aromatic carbocycles.